The van der Waals surface area contributed by atoms with E-state index in [1.807, 2.05) is 30.6 Å². The van der Waals surface area contributed by atoms with Gasteiger partial charge in [-0.15, -0.1) is 0 Å². The first kappa shape index (κ1) is 20.5. The van der Waals surface area contributed by atoms with E-state index in [2.05, 4.69) is 20.2 Å². The topological polar surface area (TPSA) is 97.6 Å². The molecule has 0 unspecified atom stereocenters. The summed E-state index contributed by atoms with van der Waals surface area (Å²) in [7, 11) is 3.08. The van der Waals surface area contributed by atoms with E-state index in [0.29, 0.717) is 23.6 Å². The number of aromatic nitrogens is 2. The number of urea groups is 1. The van der Waals surface area contributed by atoms with Crippen LogP contribution >= 0.6 is 0 Å². The van der Waals surface area contributed by atoms with E-state index in [4.69, 9.17) is 9.47 Å². The molecule has 1 aromatic heterocycles. The number of aliphatic hydroxyl groups excluding tert-OH is 1. The first-order chi connectivity index (χ1) is 14.1. The van der Waals surface area contributed by atoms with E-state index in [1.165, 1.54) is 7.11 Å². The van der Waals surface area contributed by atoms with Gasteiger partial charge in [0.1, 0.15) is 17.6 Å². The third-order valence-corrected chi connectivity index (χ3v) is 4.64. The molecule has 0 aliphatic rings. The van der Waals surface area contributed by atoms with Gasteiger partial charge < -0.3 is 29.8 Å². The van der Waals surface area contributed by atoms with Crippen molar-refractivity contribution in [3.8, 4) is 11.5 Å². The van der Waals surface area contributed by atoms with Gasteiger partial charge in [0, 0.05) is 25.2 Å². The van der Waals surface area contributed by atoms with Crippen molar-refractivity contribution in [1.82, 2.24) is 20.2 Å². The number of para-hydroxylation sites is 2. The monoisotopic (exact) mass is 398 g/mol. The van der Waals surface area contributed by atoms with Crippen LogP contribution in [0, 0.1) is 0 Å². The summed E-state index contributed by atoms with van der Waals surface area (Å²) >= 11 is 0. The van der Waals surface area contributed by atoms with E-state index in [1.54, 1.807) is 25.3 Å². The Morgan fingerprint density at radius 1 is 1.17 bits per heavy atom. The normalized spacial score (nSPS) is 11.8. The number of imidazole rings is 1. The van der Waals surface area contributed by atoms with Crippen LogP contribution in [-0.2, 0) is 6.54 Å². The summed E-state index contributed by atoms with van der Waals surface area (Å²) in [4.78, 5) is 16.4. The molecule has 0 fully saturated rings. The van der Waals surface area contributed by atoms with Crippen LogP contribution in [0.25, 0.3) is 11.0 Å². The standard InChI is InChI=1S/C21H26N4O4/c1-28-15-8-9-20(29-2)16(12-15)19(26)13-23-21(27)22-10-5-11-25-14-24-17-6-3-4-7-18(17)25/h3-4,6-9,12,14,19,26H,5,10-11,13H2,1-2H3,(H2,22,23,27)/t19-/m0/s1. The lowest BCUT2D eigenvalue weighted by Crippen LogP contribution is -2.38. The Hall–Kier alpha value is -3.26. The Bertz CT molecular complexity index is 957. The maximum atomic E-state index is 12.0. The Kier molecular flexibility index (Phi) is 6.91. The number of hydrogen-bond acceptors (Lipinski definition) is 5. The minimum Gasteiger partial charge on any atom is -0.497 e. The fourth-order valence-electron chi connectivity index (χ4n) is 3.10. The molecule has 0 aliphatic carbocycles. The molecule has 2 aromatic carbocycles. The second-order valence-corrected chi connectivity index (χ2v) is 6.54. The summed E-state index contributed by atoms with van der Waals surface area (Å²) in [5.41, 5.74) is 2.59. The minimum absolute atomic E-state index is 0.0571. The first-order valence-corrected chi connectivity index (χ1v) is 9.44. The maximum absolute atomic E-state index is 12.0. The molecular formula is C21H26N4O4. The number of benzene rings is 2. The molecule has 8 nitrogen and oxygen atoms in total. The molecule has 0 saturated carbocycles. The minimum atomic E-state index is -0.914. The number of methoxy groups -OCH3 is 2. The number of aryl methyl sites for hydroxylation is 1. The highest BCUT2D eigenvalue weighted by Crippen LogP contribution is 2.29. The number of hydrogen-bond donors (Lipinski definition) is 3. The lowest BCUT2D eigenvalue weighted by atomic mass is 10.1. The average molecular weight is 398 g/mol. The second-order valence-electron chi connectivity index (χ2n) is 6.54. The zero-order chi connectivity index (χ0) is 20.6. The van der Waals surface area contributed by atoms with Gasteiger partial charge in [-0.05, 0) is 36.8 Å². The molecule has 154 valence electrons. The van der Waals surface area contributed by atoms with Crippen LogP contribution in [0.3, 0.4) is 0 Å². The van der Waals surface area contributed by atoms with Crippen molar-refractivity contribution >= 4 is 17.1 Å². The van der Waals surface area contributed by atoms with Crippen LogP contribution in [-0.4, -0.2) is 48.0 Å². The van der Waals surface area contributed by atoms with Crippen LogP contribution in [0.2, 0.25) is 0 Å². The highest BCUT2D eigenvalue weighted by molar-refractivity contribution is 5.75. The van der Waals surface area contributed by atoms with Gasteiger partial charge >= 0.3 is 6.03 Å². The number of ether oxygens (including phenoxy) is 2. The zero-order valence-corrected chi connectivity index (χ0v) is 16.6. The van der Waals surface area contributed by atoms with Crippen molar-refractivity contribution in [2.45, 2.75) is 19.1 Å². The fraction of sp³-hybridized carbons (Fsp3) is 0.333. The Balaban J connectivity index is 1.43. The van der Waals surface area contributed by atoms with Crippen LogP contribution in [0.5, 0.6) is 11.5 Å². The smallest absolute Gasteiger partial charge is 0.314 e. The lowest BCUT2D eigenvalue weighted by molar-refractivity contribution is 0.169. The molecule has 3 aromatic rings. The molecule has 0 spiro atoms. The van der Waals surface area contributed by atoms with E-state index < -0.39 is 6.10 Å². The maximum Gasteiger partial charge on any atom is 0.314 e. The molecule has 29 heavy (non-hydrogen) atoms. The van der Waals surface area contributed by atoms with Crippen LogP contribution in [0.15, 0.2) is 48.8 Å². The summed E-state index contributed by atoms with van der Waals surface area (Å²) < 4.78 is 12.5. The quantitative estimate of drug-likeness (QED) is 0.481. The van der Waals surface area contributed by atoms with Gasteiger partial charge in [-0.2, -0.15) is 0 Å². The lowest BCUT2D eigenvalue weighted by Gasteiger charge is -2.17. The van der Waals surface area contributed by atoms with Crippen molar-refractivity contribution in [1.29, 1.82) is 0 Å². The van der Waals surface area contributed by atoms with Gasteiger partial charge in [0.15, 0.2) is 0 Å². The number of carbonyl (C=O) groups excluding carboxylic acids is 1. The number of amides is 2. The number of nitrogens with zero attached hydrogens (tertiary/aromatic N) is 2. The van der Waals surface area contributed by atoms with Crippen molar-refractivity contribution in [3.63, 3.8) is 0 Å². The van der Waals surface area contributed by atoms with Gasteiger partial charge in [-0.3, -0.25) is 0 Å². The number of fused-ring (bicyclic) bond motifs is 1. The van der Waals surface area contributed by atoms with Gasteiger partial charge in [-0.1, -0.05) is 12.1 Å². The number of carbonyl (C=O) groups is 1. The zero-order valence-electron chi connectivity index (χ0n) is 16.6. The van der Waals surface area contributed by atoms with E-state index >= 15 is 0 Å². The summed E-state index contributed by atoms with van der Waals surface area (Å²) in [6.07, 6.45) is 1.66. The molecule has 0 aliphatic heterocycles. The summed E-state index contributed by atoms with van der Waals surface area (Å²) in [6.45, 7) is 1.32. The molecule has 1 atom stereocenters. The number of nitrogens with one attached hydrogen (secondary N) is 2. The third-order valence-electron chi connectivity index (χ3n) is 4.64. The number of rotatable bonds is 9. The largest absolute Gasteiger partial charge is 0.497 e. The predicted octanol–water partition coefficient (Wildman–Crippen LogP) is 2.48. The summed E-state index contributed by atoms with van der Waals surface area (Å²) in [6, 6.07) is 12.8. The first-order valence-electron chi connectivity index (χ1n) is 9.44. The highest BCUT2D eigenvalue weighted by atomic mass is 16.5. The van der Waals surface area contributed by atoms with Crippen LogP contribution in [0.4, 0.5) is 4.79 Å². The SMILES string of the molecule is COc1ccc(OC)c([C@@H](O)CNC(=O)NCCCn2cnc3ccccc32)c1. The third kappa shape index (κ3) is 5.17. The van der Waals surface area contributed by atoms with Crippen molar-refractivity contribution in [3.05, 3.63) is 54.4 Å². The predicted molar refractivity (Wildman–Crippen MR) is 110 cm³/mol. The second kappa shape index (κ2) is 9.79. The van der Waals surface area contributed by atoms with Gasteiger partial charge in [0.25, 0.3) is 0 Å². The van der Waals surface area contributed by atoms with Gasteiger partial charge in [0.2, 0.25) is 0 Å². The average Bonchev–Trinajstić information content (AvgIpc) is 3.17. The van der Waals surface area contributed by atoms with E-state index in [9.17, 15) is 9.90 Å². The Morgan fingerprint density at radius 2 is 2.00 bits per heavy atom. The van der Waals surface area contributed by atoms with Crippen LogP contribution < -0.4 is 20.1 Å². The molecule has 0 radical (unpaired) electrons. The molecule has 0 bridgehead atoms. The van der Waals surface area contributed by atoms with Crippen molar-refractivity contribution in [2.75, 3.05) is 27.3 Å². The molecular weight excluding hydrogens is 372 g/mol. The molecule has 0 saturated heterocycles. The fourth-order valence-corrected chi connectivity index (χ4v) is 3.10. The molecule has 8 heteroatoms. The van der Waals surface area contributed by atoms with Gasteiger partial charge in [-0.25, -0.2) is 9.78 Å². The summed E-state index contributed by atoms with van der Waals surface area (Å²) in [5, 5.41) is 15.9. The van der Waals surface area contributed by atoms with Gasteiger partial charge in [0.05, 0.1) is 31.6 Å². The molecule has 2 amide bonds. The highest BCUT2D eigenvalue weighted by Gasteiger charge is 2.15. The van der Waals surface area contributed by atoms with Crippen molar-refractivity contribution in [2.24, 2.45) is 0 Å². The Labute approximate surface area is 169 Å². The molecule has 3 rings (SSSR count). The molecule has 3 N–H and O–H groups in total. The van der Waals surface area contributed by atoms with Crippen molar-refractivity contribution < 1.29 is 19.4 Å². The summed E-state index contributed by atoms with van der Waals surface area (Å²) in [5.74, 6) is 1.14. The number of aliphatic hydroxyl groups is 1. The Morgan fingerprint density at radius 3 is 2.79 bits per heavy atom. The van der Waals surface area contributed by atoms with E-state index in [-0.39, 0.29) is 12.6 Å². The van der Waals surface area contributed by atoms with Crippen LogP contribution in [0.1, 0.15) is 18.1 Å². The van der Waals surface area contributed by atoms with E-state index in [0.717, 1.165) is 24.0 Å². The molecule has 1 heterocycles.